The number of piperidine rings is 1. The fraction of sp³-hybridized carbons (Fsp3) is 0.562. The van der Waals surface area contributed by atoms with Crippen molar-refractivity contribution in [3.05, 3.63) is 29.3 Å². The number of hydrogen-bond acceptors (Lipinski definition) is 5. The van der Waals surface area contributed by atoms with Gasteiger partial charge >= 0.3 is 5.97 Å². The molecule has 2 N–H and O–H groups in total. The number of sulfonamides is 1. The van der Waals surface area contributed by atoms with Gasteiger partial charge in [0.1, 0.15) is 0 Å². The second kappa shape index (κ2) is 8.29. The summed E-state index contributed by atoms with van der Waals surface area (Å²) >= 11 is 0. The minimum atomic E-state index is -3.71. The van der Waals surface area contributed by atoms with E-state index in [1.807, 2.05) is 6.92 Å². The lowest BCUT2D eigenvalue weighted by Gasteiger charge is -2.38. The van der Waals surface area contributed by atoms with Gasteiger partial charge in [0, 0.05) is 19.1 Å². The van der Waals surface area contributed by atoms with E-state index in [2.05, 4.69) is 4.74 Å². The molecule has 0 amide bonds. The summed E-state index contributed by atoms with van der Waals surface area (Å²) < 4.78 is 32.4. The largest absolute Gasteiger partial charge is 0.465 e. The van der Waals surface area contributed by atoms with Gasteiger partial charge in [-0.05, 0) is 43.4 Å². The quantitative estimate of drug-likeness (QED) is 0.811. The van der Waals surface area contributed by atoms with E-state index in [1.54, 1.807) is 19.1 Å². The molecule has 1 fully saturated rings. The number of ether oxygens (including phenoxy) is 1. The molecule has 2 rings (SSSR count). The van der Waals surface area contributed by atoms with Crippen LogP contribution in [0, 0.1) is 12.8 Å². The van der Waals surface area contributed by atoms with Gasteiger partial charge in [-0.2, -0.15) is 4.31 Å². The zero-order chi connectivity index (χ0) is 17.2. The molecule has 0 aromatic heterocycles. The van der Waals surface area contributed by atoms with E-state index < -0.39 is 16.0 Å². The van der Waals surface area contributed by atoms with Crippen LogP contribution in [0.25, 0.3) is 0 Å². The normalized spacial score (nSPS) is 21.8. The summed E-state index contributed by atoms with van der Waals surface area (Å²) in [6, 6.07) is 4.38. The summed E-state index contributed by atoms with van der Waals surface area (Å²) in [4.78, 5) is 11.8. The van der Waals surface area contributed by atoms with Crippen LogP contribution < -0.4 is 5.73 Å². The molecule has 6 nitrogen and oxygen atoms in total. The number of carbonyl (C=O) groups excluding carboxylic acids is 1. The van der Waals surface area contributed by atoms with E-state index in [0.29, 0.717) is 12.1 Å². The fourth-order valence-corrected chi connectivity index (χ4v) is 5.13. The number of nitrogens with zero attached hydrogens (tertiary/aromatic N) is 1. The SMILES string of the molecule is COC(=O)c1ccc(C)c(S(=O)(=O)N2CCCC(C)C2CN)c1.Cl. The molecule has 0 radical (unpaired) electrons. The third kappa shape index (κ3) is 3.91. The number of nitrogens with two attached hydrogens (primary N) is 1. The summed E-state index contributed by atoms with van der Waals surface area (Å²) in [5.74, 6) is -0.337. The monoisotopic (exact) mass is 376 g/mol. The highest BCUT2D eigenvalue weighted by Gasteiger charge is 2.37. The Morgan fingerprint density at radius 2 is 2.08 bits per heavy atom. The molecule has 1 aliphatic rings. The highest BCUT2D eigenvalue weighted by Crippen LogP contribution is 2.30. The van der Waals surface area contributed by atoms with E-state index in [1.165, 1.54) is 17.5 Å². The topological polar surface area (TPSA) is 89.7 Å². The molecule has 136 valence electrons. The third-order valence-electron chi connectivity index (χ3n) is 4.50. The molecule has 0 aliphatic carbocycles. The van der Waals surface area contributed by atoms with E-state index in [0.717, 1.165) is 12.8 Å². The highest BCUT2D eigenvalue weighted by atomic mass is 35.5. The van der Waals surface area contributed by atoms with Gasteiger partial charge in [-0.3, -0.25) is 0 Å². The van der Waals surface area contributed by atoms with Crippen molar-refractivity contribution in [1.29, 1.82) is 0 Å². The predicted molar refractivity (Wildman–Crippen MR) is 94.9 cm³/mol. The summed E-state index contributed by atoms with van der Waals surface area (Å²) in [7, 11) is -2.43. The Labute approximate surface area is 149 Å². The first-order chi connectivity index (χ1) is 10.8. The number of benzene rings is 1. The lowest BCUT2D eigenvalue weighted by molar-refractivity contribution is 0.0600. The van der Waals surface area contributed by atoms with E-state index in [9.17, 15) is 13.2 Å². The third-order valence-corrected chi connectivity index (χ3v) is 6.57. The van der Waals surface area contributed by atoms with Crippen LogP contribution in [0.4, 0.5) is 0 Å². The average Bonchev–Trinajstić information content (AvgIpc) is 2.54. The molecule has 24 heavy (non-hydrogen) atoms. The zero-order valence-corrected chi connectivity index (χ0v) is 15.8. The number of halogens is 1. The number of hydrogen-bond donors (Lipinski definition) is 1. The van der Waals surface area contributed by atoms with Crippen LogP contribution in [0.5, 0.6) is 0 Å². The summed E-state index contributed by atoms with van der Waals surface area (Å²) in [6.07, 6.45) is 1.78. The maximum Gasteiger partial charge on any atom is 0.337 e. The van der Waals surface area contributed by atoms with Crippen LogP contribution in [-0.4, -0.2) is 44.9 Å². The van der Waals surface area contributed by atoms with Gasteiger partial charge in [-0.1, -0.05) is 13.0 Å². The van der Waals surface area contributed by atoms with Gasteiger partial charge < -0.3 is 10.5 Å². The Morgan fingerprint density at radius 3 is 2.67 bits per heavy atom. The second-order valence-electron chi connectivity index (χ2n) is 6.01. The summed E-state index contributed by atoms with van der Waals surface area (Å²) in [5, 5.41) is 0. The maximum absolute atomic E-state index is 13.1. The van der Waals surface area contributed by atoms with Gasteiger partial charge in [-0.15, -0.1) is 12.4 Å². The van der Waals surface area contributed by atoms with Gasteiger partial charge in [0.05, 0.1) is 17.6 Å². The van der Waals surface area contributed by atoms with E-state index in [-0.39, 0.29) is 41.4 Å². The molecule has 2 unspecified atom stereocenters. The number of methoxy groups -OCH3 is 1. The smallest absolute Gasteiger partial charge is 0.337 e. The first kappa shape index (κ1) is 20.9. The van der Waals surface area contributed by atoms with Crippen molar-refractivity contribution in [3.8, 4) is 0 Å². The van der Waals surface area contributed by atoms with Crippen molar-refractivity contribution >= 4 is 28.4 Å². The molecule has 0 spiro atoms. The molecule has 1 aromatic rings. The van der Waals surface area contributed by atoms with Crippen molar-refractivity contribution in [2.24, 2.45) is 11.7 Å². The Bertz CT molecular complexity index is 693. The standard InChI is InChI=1S/C16H24N2O4S.ClH/c1-11-5-4-8-18(14(11)10-17)23(20,21)15-9-13(16(19)22-3)7-6-12(15)2;/h6-7,9,11,14H,4-5,8,10,17H2,1-3H3;1H. The van der Waals surface area contributed by atoms with Crippen molar-refractivity contribution in [2.75, 3.05) is 20.2 Å². The van der Waals surface area contributed by atoms with E-state index >= 15 is 0 Å². The predicted octanol–water partition coefficient (Wildman–Crippen LogP) is 1.95. The number of esters is 1. The number of rotatable bonds is 4. The van der Waals surface area contributed by atoms with Crippen molar-refractivity contribution in [3.63, 3.8) is 0 Å². The molecular weight excluding hydrogens is 352 g/mol. The fourth-order valence-electron chi connectivity index (χ4n) is 3.11. The van der Waals surface area contributed by atoms with Crippen LogP contribution in [0.3, 0.4) is 0 Å². The lowest BCUT2D eigenvalue weighted by Crippen LogP contribution is -2.51. The molecule has 1 aromatic carbocycles. The molecule has 0 bridgehead atoms. The van der Waals surface area contributed by atoms with Crippen LogP contribution >= 0.6 is 12.4 Å². The van der Waals surface area contributed by atoms with Crippen LogP contribution in [0.2, 0.25) is 0 Å². The highest BCUT2D eigenvalue weighted by molar-refractivity contribution is 7.89. The van der Waals surface area contributed by atoms with E-state index in [4.69, 9.17) is 5.73 Å². The first-order valence-corrected chi connectivity index (χ1v) is 9.17. The number of aryl methyl sites for hydroxylation is 1. The maximum atomic E-state index is 13.1. The van der Waals surface area contributed by atoms with Crippen molar-refractivity contribution in [1.82, 2.24) is 4.31 Å². The van der Waals surface area contributed by atoms with Crippen molar-refractivity contribution < 1.29 is 17.9 Å². The Kier molecular flexibility index (Phi) is 7.22. The molecule has 0 saturated carbocycles. The molecule has 1 aliphatic heterocycles. The molecular formula is C16H25ClN2O4S. The van der Waals surface area contributed by atoms with Gasteiger partial charge in [-0.25, -0.2) is 13.2 Å². The van der Waals surface area contributed by atoms with Gasteiger partial charge in [0.2, 0.25) is 10.0 Å². The van der Waals surface area contributed by atoms with Crippen molar-refractivity contribution in [2.45, 2.75) is 37.6 Å². The minimum absolute atomic E-state index is 0. The zero-order valence-electron chi connectivity index (χ0n) is 14.2. The Hall–Kier alpha value is -1.15. The molecule has 1 heterocycles. The molecule has 2 atom stereocenters. The average molecular weight is 377 g/mol. The molecule has 8 heteroatoms. The van der Waals surface area contributed by atoms with Gasteiger partial charge in [0.15, 0.2) is 0 Å². The number of carbonyl (C=O) groups is 1. The minimum Gasteiger partial charge on any atom is -0.465 e. The Morgan fingerprint density at radius 1 is 1.42 bits per heavy atom. The van der Waals surface area contributed by atoms with Gasteiger partial charge in [0.25, 0.3) is 0 Å². The first-order valence-electron chi connectivity index (χ1n) is 7.73. The summed E-state index contributed by atoms with van der Waals surface area (Å²) in [6.45, 7) is 4.49. The second-order valence-corrected chi connectivity index (χ2v) is 7.87. The van der Waals surface area contributed by atoms with Crippen LogP contribution in [-0.2, 0) is 14.8 Å². The molecule has 1 saturated heterocycles. The van der Waals surface area contributed by atoms with Crippen LogP contribution in [0.15, 0.2) is 23.1 Å². The summed E-state index contributed by atoms with van der Waals surface area (Å²) in [5.41, 5.74) is 6.65. The Balaban J connectivity index is 0.00000288. The van der Waals surface area contributed by atoms with Crippen LogP contribution in [0.1, 0.15) is 35.7 Å². The lowest BCUT2D eigenvalue weighted by atomic mass is 9.93.